The third-order valence-electron chi connectivity index (χ3n) is 4.23. The van der Waals surface area contributed by atoms with Crippen LogP contribution in [-0.2, 0) is 0 Å². The Morgan fingerprint density at radius 2 is 2.13 bits per heavy atom. The molecule has 6 heteroatoms. The molecule has 5 nitrogen and oxygen atoms in total. The Kier molecular flexibility index (Phi) is 4.88. The van der Waals surface area contributed by atoms with Crippen molar-refractivity contribution in [2.24, 2.45) is 0 Å². The summed E-state index contributed by atoms with van der Waals surface area (Å²) in [6.45, 7) is 10.6. The largest absolute Gasteiger partial charge is 0.299 e. The highest BCUT2D eigenvalue weighted by Crippen LogP contribution is 2.26. The van der Waals surface area contributed by atoms with Gasteiger partial charge >= 0.3 is 0 Å². The van der Waals surface area contributed by atoms with Gasteiger partial charge in [0.2, 0.25) is 0 Å². The van der Waals surface area contributed by atoms with Crippen molar-refractivity contribution in [1.82, 2.24) is 24.9 Å². The van der Waals surface area contributed by atoms with Crippen LogP contribution < -0.4 is 0 Å². The molecule has 23 heavy (non-hydrogen) atoms. The zero-order valence-electron chi connectivity index (χ0n) is 13.0. The highest BCUT2D eigenvalue weighted by atomic mass is 35.5. The lowest BCUT2D eigenvalue weighted by Crippen LogP contribution is -2.36. The Bertz CT molecular complexity index is 741. The summed E-state index contributed by atoms with van der Waals surface area (Å²) in [5, 5.41) is 8.95. The third kappa shape index (κ3) is 3.51. The van der Waals surface area contributed by atoms with Gasteiger partial charge in [0.15, 0.2) is 0 Å². The van der Waals surface area contributed by atoms with Crippen molar-refractivity contribution in [3.8, 4) is 0 Å². The quantitative estimate of drug-likeness (QED) is 0.623. The summed E-state index contributed by atoms with van der Waals surface area (Å²) in [4.78, 5) is 6.58. The zero-order chi connectivity index (χ0) is 16.2. The average Bonchev–Trinajstić information content (AvgIpc) is 2.98. The molecule has 2 aromatic heterocycles. The first-order chi connectivity index (χ1) is 11.2. The molecule has 1 fully saturated rings. The van der Waals surface area contributed by atoms with E-state index < -0.39 is 0 Å². The Balaban J connectivity index is 1.67. The van der Waals surface area contributed by atoms with Crippen LogP contribution in [0.25, 0.3) is 11.0 Å². The van der Waals surface area contributed by atoms with Crippen molar-refractivity contribution in [3.05, 3.63) is 54.4 Å². The first kappa shape index (κ1) is 15.9. The lowest BCUT2D eigenvalue weighted by Gasteiger charge is -2.32. The van der Waals surface area contributed by atoms with Crippen LogP contribution in [0.15, 0.2) is 49.2 Å². The van der Waals surface area contributed by atoms with Crippen LogP contribution in [0.3, 0.4) is 0 Å². The van der Waals surface area contributed by atoms with E-state index in [2.05, 4.69) is 33.4 Å². The van der Waals surface area contributed by atoms with Crippen molar-refractivity contribution in [2.75, 3.05) is 19.6 Å². The summed E-state index contributed by atoms with van der Waals surface area (Å²) in [7, 11) is 0. The number of hydrogen-bond acceptors (Lipinski definition) is 4. The lowest BCUT2D eigenvalue weighted by molar-refractivity contribution is 0.194. The molecule has 0 aliphatic carbocycles. The number of aromatic nitrogens is 4. The number of fused-ring (bicyclic) bond motifs is 1. The fraction of sp³-hybridized carbons (Fsp3) is 0.353. The van der Waals surface area contributed by atoms with Crippen LogP contribution in [0.2, 0.25) is 5.15 Å². The van der Waals surface area contributed by atoms with E-state index in [4.69, 9.17) is 11.6 Å². The molecule has 3 heterocycles. The predicted octanol–water partition coefficient (Wildman–Crippen LogP) is 3.42. The maximum absolute atomic E-state index is 5.91. The highest BCUT2D eigenvalue weighted by molar-refractivity contribution is 6.29. The Morgan fingerprint density at radius 1 is 1.35 bits per heavy atom. The van der Waals surface area contributed by atoms with Crippen LogP contribution in [0, 0.1) is 0 Å². The number of nitrogens with zero attached hydrogens (tertiary/aromatic N) is 5. The minimum absolute atomic E-state index is 0.356. The van der Waals surface area contributed by atoms with E-state index >= 15 is 0 Å². The van der Waals surface area contributed by atoms with Crippen molar-refractivity contribution < 1.29 is 0 Å². The lowest BCUT2D eigenvalue weighted by atomic mass is 10.0. The SMILES string of the molecule is C=C/C=C(\C=C)CN1CCC(n2nnc3cc(Cl)ncc32)CC1. The van der Waals surface area contributed by atoms with Gasteiger partial charge in [0.1, 0.15) is 16.2 Å². The maximum atomic E-state index is 5.91. The Hall–Kier alpha value is -1.98. The van der Waals surface area contributed by atoms with Gasteiger partial charge in [-0.3, -0.25) is 4.90 Å². The van der Waals surface area contributed by atoms with E-state index in [0.29, 0.717) is 11.2 Å². The van der Waals surface area contributed by atoms with Crippen LogP contribution in [0.1, 0.15) is 18.9 Å². The summed E-state index contributed by atoms with van der Waals surface area (Å²) in [5.41, 5.74) is 2.95. The van der Waals surface area contributed by atoms with Crippen LogP contribution in [0.5, 0.6) is 0 Å². The average molecular weight is 330 g/mol. The predicted molar refractivity (Wildman–Crippen MR) is 93.5 cm³/mol. The van der Waals surface area contributed by atoms with Gasteiger partial charge < -0.3 is 0 Å². The van der Waals surface area contributed by atoms with Crippen LogP contribution in [0.4, 0.5) is 0 Å². The molecule has 120 valence electrons. The molecular formula is C17H20ClN5. The van der Waals surface area contributed by atoms with E-state index in [-0.39, 0.29) is 0 Å². The smallest absolute Gasteiger partial charge is 0.131 e. The summed E-state index contributed by atoms with van der Waals surface area (Å²) in [5.74, 6) is 0. The fourth-order valence-electron chi connectivity index (χ4n) is 3.00. The first-order valence-electron chi connectivity index (χ1n) is 7.74. The zero-order valence-corrected chi connectivity index (χ0v) is 13.8. The molecule has 0 unspecified atom stereocenters. The second-order valence-electron chi connectivity index (χ2n) is 5.72. The van der Waals surface area contributed by atoms with E-state index in [1.807, 2.05) is 22.9 Å². The fourth-order valence-corrected chi connectivity index (χ4v) is 3.15. The Labute approximate surface area is 140 Å². The summed E-state index contributed by atoms with van der Waals surface area (Å²) < 4.78 is 1.99. The van der Waals surface area contributed by atoms with E-state index in [1.165, 1.54) is 5.57 Å². The summed E-state index contributed by atoms with van der Waals surface area (Å²) in [6, 6.07) is 2.11. The number of pyridine rings is 1. The number of piperidine rings is 1. The molecule has 0 spiro atoms. The number of halogens is 1. The molecule has 0 atom stereocenters. The van der Waals surface area contributed by atoms with Crippen molar-refractivity contribution >= 4 is 22.6 Å². The molecule has 0 radical (unpaired) electrons. The van der Waals surface area contributed by atoms with E-state index in [0.717, 1.165) is 43.5 Å². The van der Waals surface area contributed by atoms with Crippen molar-refractivity contribution in [1.29, 1.82) is 0 Å². The number of hydrogen-bond donors (Lipinski definition) is 0. The molecule has 0 amide bonds. The number of likely N-dealkylation sites (tertiary alicyclic amines) is 1. The molecule has 0 bridgehead atoms. The van der Waals surface area contributed by atoms with Crippen molar-refractivity contribution in [3.63, 3.8) is 0 Å². The van der Waals surface area contributed by atoms with Crippen LogP contribution in [-0.4, -0.2) is 44.5 Å². The Morgan fingerprint density at radius 3 is 2.83 bits per heavy atom. The minimum Gasteiger partial charge on any atom is -0.299 e. The molecule has 1 aliphatic heterocycles. The van der Waals surface area contributed by atoms with E-state index in [9.17, 15) is 0 Å². The van der Waals surface area contributed by atoms with Gasteiger partial charge in [-0.25, -0.2) is 9.67 Å². The standard InChI is InChI=1S/C17H20ClN5/c1-3-5-13(4-2)12-22-8-6-14(7-9-22)23-16-11-19-17(18)10-15(16)20-21-23/h3-5,10-11,14H,1-2,6-9,12H2/b13-5+. The summed E-state index contributed by atoms with van der Waals surface area (Å²) in [6.07, 6.45) is 9.56. The van der Waals surface area contributed by atoms with Gasteiger partial charge in [-0.1, -0.05) is 48.2 Å². The van der Waals surface area contributed by atoms with E-state index in [1.54, 1.807) is 12.3 Å². The first-order valence-corrected chi connectivity index (χ1v) is 8.12. The second-order valence-corrected chi connectivity index (χ2v) is 6.11. The molecule has 0 N–H and O–H groups in total. The van der Waals surface area contributed by atoms with Gasteiger partial charge in [0.05, 0.1) is 12.2 Å². The topological polar surface area (TPSA) is 46.8 Å². The molecule has 2 aromatic rings. The van der Waals surface area contributed by atoms with Crippen molar-refractivity contribution in [2.45, 2.75) is 18.9 Å². The molecule has 3 rings (SSSR count). The molecule has 0 aromatic carbocycles. The van der Waals surface area contributed by atoms with Gasteiger partial charge in [0.25, 0.3) is 0 Å². The normalized spacial score (nSPS) is 17.5. The number of allylic oxidation sites excluding steroid dienone is 2. The summed E-state index contributed by atoms with van der Waals surface area (Å²) >= 11 is 5.91. The second kappa shape index (κ2) is 7.06. The molecule has 1 aliphatic rings. The number of rotatable bonds is 5. The monoisotopic (exact) mass is 329 g/mol. The molecular weight excluding hydrogens is 310 g/mol. The minimum atomic E-state index is 0.356. The molecule has 0 saturated carbocycles. The molecule has 1 saturated heterocycles. The van der Waals surface area contributed by atoms with Gasteiger partial charge in [-0.2, -0.15) is 0 Å². The third-order valence-corrected chi connectivity index (χ3v) is 4.43. The van der Waals surface area contributed by atoms with Crippen LogP contribution >= 0.6 is 11.6 Å². The van der Waals surface area contributed by atoms with Gasteiger partial charge in [-0.05, 0) is 18.4 Å². The van der Waals surface area contributed by atoms with Gasteiger partial charge in [-0.15, -0.1) is 5.10 Å². The maximum Gasteiger partial charge on any atom is 0.131 e. The highest BCUT2D eigenvalue weighted by Gasteiger charge is 2.23. The van der Waals surface area contributed by atoms with Gasteiger partial charge in [0, 0.05) is 25.7 Å².